The Labute approximate surface area is 161 Å². The number of carbonyl (C=O) groups is 1. The molecule has 1 heterocycles. The molecular weight excluding hydrogens is 338 g/mol. The first-order valence-corrected chi connectivity index (χ1v) is 9.61. The normalized spacial score (nSPS) is 14.9. The van der Waals surface area contributed by atoms with Crippen LogP contribution in [-0.2, 0) is 11.2 Å². The molecule has 2 aromatic rings. The Balaban J connectivity index is 1.57. The van der Waals surface area contributed by atoms with Gasteiger partial charge < -0.3 is 19.9 Å². The molecule has 0 atom stereocenters. The summed E-state index contributed by atoms with van der Waals surface area (Å²) < 4.78 is 5.70. The second-order valence-electron chi connectivity index (χ2n) is 7.09. The number of rotatable bonds is 6. The topological polar surface area (TPSA) is 44.8 Å². The Morgan fingerprint density at radius 1 is 1.11 bits per heavy atom. The average Bonchev–Trinajstić information content (AvgIpc) is 2.67. The second-order valence-corrected chi connectivity index (χ2v) is 7.09. The Hall–Kier alpha value is -2.53. The highest BCUT2D eigenvalue weighted by Crippen LogP contribution is 2.25. The lowest BCUT2D eigenvalue weighted by molar-refractivity contribution is -0.118. The van der Waals surface area contributed by atoms with Gasteiger partial charge in [0.25, 0.3) is 5.91 Å². The molecule has 1 amide bonds. The van der Waals surface area contributed by atoms with Crippen LogP contribution in [0.4, 0.5) is 11.4 Å². The minimum absolute atomic E-state index is 0.0102. The summed E-state index contributed by atoms with van der Waals surface area (Å²) in [7, 11) is 2.16. The summed E-state index contributed by atoms with van der Waals surface area (Å²) in [6, 6.07) is 13.9. The van der Waals surface area contributed by atoms with Crippen molar-refractivity contribution < 1.29 is 9.53 Å². The molecule has 27 heavy (non-hydrogen) atoms. The first kappa shape index (κ1) is 19.2. The summed E-state index contributed by atoms with van der Waals surface area (Å²) in [5.41, 5.74) is 4.34. The molecule has 1 fully saturated rings. The maximum Gasteiger partial charge on any atom is 0.262 e. The van der Waals surface area contributed by atoms with Gasteiger partial charge in [0.05, 0.1) is 0 Å². The fraction of sp³-hybridized carbons (Fsp3) is 0.409. The van der Waals surface area contributed by atoms with Gasteiger partial charge in [0, 0.05) is 37.6 Å². The Morgan fingerprint density at radius 2 is 1.85 bits per heavy atom. The van der Waals surface area contributed by atoms with Crippen molar-refractivity contribution in [1.82, 2.24) is 4.90 Å². The molecule has 0 aromatic heterocycles. The van der Waals surface area contributed by atoms with Crippen LogP contribution in [0.25, 0.3) is 0 Å². The van der Waals surface area contributed by atoms with Crippen molar-refractivity contribution in [3.05, 3.63) is 53.6 Å². The van der Waals surface area contributed by atoms with E-state index in [9.17, 15) is 4.79 Å². The Kier molecular flexibility index (Phi) is 6.35. The van der Waals surface area contributed by atoms with Gasteiger partial charge in [0.15, 0.2) is 6.61 Å². The molecule has 0 saturated carbocycles. The van der Waals surface area contributed by atoms with Crippen LogP contribution in [0.5, 0.6) is 5.75 Å². The number of nitrogens with one attached hydrogen (secondary N) is 1. The van der Waals surface area contributed by atoms with E-state index in [-0.39, 0.29) is 12.5 Å². The van der Waals surface area contributed by atoms with Gasteiger partial charge in [-0.15, -0.1) is 0 Å². The first-order chi connectivity index (χ1) is 13.1. The van der Waals surface area contributed by atoms with Crippen molar-refractivity contribution in [2.45, 2.75) is 20.3 Å². The number of hydrogen-bond donors (Lipinski definition) is 1. The van der Waals surface area contributed by atoms with E-state index in [1.54, 1.807) is 0 Å². The number of hydrogen-bond acceptors (Lipinski definition) is 4. The van der Waals surface area contributed by atoms with Crippen LogP contribution in [0.1, 0.15) is 18.1 Å². The highest BCUT2D eigenvalue weighted by atomic mass is 16.5. The van der Waals surface area contributed by atoms with Gasteiger partial charge in [-0.2, -0.15) is 0 Å². The number of benzene rings is 2. The lowest BCUT2D eigenvalue weighted by Crippen LogP contribution is -2.44. The zero-order valence-corrected chi connectivity index (χ0v) is 16.5. The highest BCUT2D eigenvalue weighted by molar-refractivity contribution is 5.92. The van der Waals surface area contributed by atoms with E-state index >= 15 is 0 Å². The molecule has 0 radical (unpaired) electrons. The minimum atomic E-state index is -0.146. The smallest absolute Gasteiger partial charge is 0.262 e. The van der Waals surface area contributed by atoms with Crippen LogP contribution in [0.3, 0.4) is 0 Å². The van der Waals surface area contributed by atoms with Crippen molar-refractivity contribution in [2.24, 2.45) is 0 Å². The van der Waals surface area contributed by atoms with E-state index < -0.39 is 0 Å². The number of likely N-dealkylation sites (N-methyl/N-ethyl adjacent to an activating group) is 1. The minimum Gasteiger partial charge on any atom is -0.483 e. The molecule has 1 N–H and O–H groups in total. The number of anilines is 2. The van der Waals surface area contributed by atoms with Crippen LogP contribution in [0.2, 0.25) is 0 Å². The summed E-state index contributed by atoms with van der Waals surface area (Å²) in [4.78, 5) is 17.0. The van der Waals surface area contributed by atoms with Crippen molar-refractivity contribution >= 4 is 17.3 Å². The lowest BCUT2D eigenvalue weighted by atomic mass is 10.1. The average molecular weight is 367 g/mol. The van der Waals surface area contributed by atoms with Crippen molar-refractivity contribution in [2.75, 3.05) is 50.1 Å². The maximum absolute atomic E-state index is 12.3. The van der Waals surface area contributed by atoms with Crippen LogP contribution >= 0.6 is 0 Å². The molecule has 144 valence electrons. The van der Waals surface area contributed by atoms with E-state index in [0.717, 1.165) is 49.6 Å². The molecule has 1 aliphatic rings. The Morgan fingerprint density at radius 3 is 2.56 bits per heavy atom. The van der Waals surface area contributed by atoms with Gasteiger partial charge in [-0.05, 0) is 55.8 Å². The third-order valence-corrected chi connectivity index (χ3v) is 5.04. The molecule has 0 aliphatic carbocycles. The summed E-state index contributed by atoms with van der Waals surface area (Å²) in [5.74, 6) is 0.629. The summed E-state index contributed by atoms with van der Waals surface area (Å²) >= 11 is 0. The zero-order valence-electron chi connectivity index (χ0n) is 16.5. The number of aryl methyl sites for hydroxylation is 2. The number of ether oxygens (including phenoxy) is 1. The highest BCUT2D eigenvalue weighted by Gasteiger charge is 2.16. The molecule has 5 heteroatoms. The molecule has 3 rings (SSSR count). The number of amides is 1. The summed E-state index contributed by atoms with van der Waals surface area (Å²) in [5, 5.41) is 2.94. The third-order valence-electron chi connectivity index (χ3n) is 5.04. The quantitative estimate of drug-likeness (QED) is 0.851. The molecular formula is C22H29N3O2. The van der Waals surface area contributed by atoms with Gasteiger partial charge in [-0.1, -0.05) is 25.1 Å². The van der Waals surface area contributed by atoms with Crippen LogP contribution in [0.15, 0.2) is 42.5 Å². The second kappa shape index (κ2) is 8.91. The molecule has 5 nitrogen and oxygen atoms in total. The van der Waals surface area contributed by atoms with E-state index in [2.05, 4.69) is 42.1 Å². The number of para-hydroxylation sites is 1. The van der Waals surface area contributed by atoms with Crippen molar-refractivity contribution in [3.63, 3.8) is 0 Å². The number of piperazine rings is 1. The molecule has 2 aromatic carbocycles. The predicted octanol–water partition coefficient (Wildman–Crippen LogP) is 3.33. The monoisotopic (exact) mass is 367 g/mol. The van der Waals surface area contributed by atoms with Crippen molar-refractivity contribution in [1.29, 1.82) is 0 Å². The Bertz CT molecular complexity index is 783. The standard InChI is InChI=1S/C22H29N3O2/c1-4-18-7-5-6-8-21(18)27-16-22(26)23-19-9-10-20(17(2)15-19)25-13-11-24(3)12-14-25/h5-10,15H,4,11-14,16H2,1-3H3,(H,23,26). The number of nitrogens with zero attached hydrogens (tertiary/aromatic N) is 2. The van der Waals surface area contributed by atoms with E-state index in [1.165, 1.54) is 11.3 Å². The van der Waals surface area contributed by atoms with Crippen LogP contribution in [-0.4, -0.2) is 50.6 Å². The molecule has 0 spiro atoms. The van der Waals surface area contributed by atoms with Gasteiger partial charge >= 0.3 is 0 Å². The van der Waals surface area contributed by atoms with Crippen molar-refractivity contribution in [3.8, 4) is 5.75 Å². The maximum atomic E-state index is 12.3. The van der Waals surface area contributed by atoms with Crippen LogP contribution < -0.4 is 15.0 Å². The van der Waals surface area contributed by atoms with Gasteiger partial charge in [-0.25, -0.2) is 0 Å². The fourth-order valence-corrected chi connectivity index (χ4v) is 3.41. The summed E-state index contributed by atoms with van der Waals surface area (Å²) in [6.45, 7) is 8.41. The largest absolute Gasteiger partial charge is 0.483 e. The van der Waals surface area contributed by atoms with Gasteiger partial charge in [0.2, 0.25) is 0 Å². The molecule has 1 aliphatic heterocycles. The van der Waals surface area contributed by atoms with Gasteiger partial charge in [-0.3, -0.25) is 4.79 Å². The lowest BCUT2D eigenvalue weighted by Gasteiger charge is -2.35. The molecule has 0 unspecified atom stereocenters. The third kappa shape index (κ3) is 5.01. The number of carbonyl (C=O) groups excluding carboxylic acids is 1. The van der Waals surface area contributed by atoms with E-state index in [4.69, 9.17) is 4.74 Å². The predicted molar refractivity (Wildman–Crippen MR) is 111 cm³/mol. The van der Waals surface area contributed by atoms with E-state index in [1.807, 2.05) is 36.4 Å². The molecule has 1 saturated heterocycles. The van der Waals surface area contributed by atoms with Gasteiger partial charge in [0.1, 0.15) is 5.75 Å². The molecule has 0 bridgehead atoms. The van der Waals surface area contributed by atoms with Crippen LogP contribution in [0, 0.1) is 6.92 Å². The fourth-order valence-electron chi connectivity index (χ4n) is 3.41. The summed E-state index contributed by atoms with van der Waals surface area (Å²) in [6.07, 6.45) is 0.880. The van der Waals surface area contributed by atoms with E-state index in [0.29, 0.717) is 0 Å². The SMILES string of the molecule is CCc1ccccc1OCC(=O)Nc1ccc(N2CCN(C)CC2)c(C)c1. The first-order valence-electron chi connectivity index (χ1n) is 9.61. The zero-order chi connectivity index (χ0) is 19.2.